The first-order valence-electron chi connectivity index (χ1n) is 6.24. The van der Waals surface area contributed by atoms with Gasteiger partial charge in [-0.25, -0.2) is 0 Å². The average Bonchev–Trinajstić information content (AvgIpc) is 3.17. The largest absolute Gasteiger partial charge is 0.497 e. The van der Waals surface area contributed by atoms with E-state index >= 15 is 0 Å². The van der Waals surface area contributed by atoms with Gasteiger partial charge in [0.25, 0.3) is 0 Å². The minimum Gasteiger partial charge on any atom is -0.497 e. The van der Waals surface area contributed by atoms with Crippen molar-refractivity contribution in [3.63, 3.8) is 0 Å². The number of rotatable bonds is 6. The smallest absolute Gasteiger partial charge is 0.119 e. The van der Waals surface area contributed by atoms with Gasteiger partial charge >= 0.3 is 0 Å². The van der Waals surface area contributed by atoms with Gasteiger partial charge in [0.2, 0.25) is 0 Å². The van der Waals surface area contributed by atoms with Crippen molar-refractivity contribution in [2.45, 2.75) is 19.3 Å². The Bertz CT molecular complexity index is 357. The van der Waals surface area contributed by atoms with Crippen LogP contribution in [0.25, 0.3) is 0 Å². The van der Waals surface area contributed by atoms with E-state index < -0.39 is 0 Å². The molecule has 0 saturated heterocycles. The van der Waals surface area contributed by atoms with E-state index in [9.17, 15) is 0 Å². The van der Waals surface area contributed by atoms with Crippen LogP contribution in [0, 0.1) is 5.41 Å². The van der Waals surface area contributed by atoms with Crippen molar-refractivity contribution in [1.82, 2.24) is 0 Å². The Labute approximate surface area is 104 Å². The van der Waals surface area contributed by atoms with E-state index in [0.29, 0.717) is 5.41 Å². The number of benzene rings is 1. The predicted octanol–water partition coefficient (Wildman–Crippen LogP) is 2.26. The fourth-order valence-electron chi connectivity index (χ4n) is 2.10. The van der Waals surface area contributed by atoms with Gasteiger partial charge in [-0.15, -0.1) is 0 Å². The first-order chi connectivity index (χ1) is 8.19. The molecular formula is C14H22N2O. The van der Waals surface area contributed by atoms with Crippen LogP contribution in [0.2, 0.25) is 0 Å². The molecule has 0 unspecified atom stereocenters. The number of hydrogen-bond acceptors (Lipinski definition) is 3. The van der Waals surface area contributed by atoms with E-state index in [1.54, 1.807) is 7.11 Å². The molecule has 17 heavy (non-hydrogen) atoms. The highest BCUT2D eigenvalue weighted by atomic mass is 16.5. The van der Waals surface area contributed by atoms with Crippen LogP contribution in [-0.4, -0.2) is 27.2 Å². The van der Waals surface area contributed by atoms with Crippen molar-refractivity contribution < 1.29 is 4.74 Å². The molecule has 1 aromatic rings. The van der Waals surface area contributed by atoms with E-state index in [1.807, 2.05) is 12.1 Å². The summed E-state index contributed by atoms with van der Waals surface area (Å²) in [5.41, 5.74) is 7.49. The summed E-state index contributed by atoms with van der Waals surface area (Å²) in [6, 6.07) is 8.20. The van der Waals surface area contributed by atoms with Crippen LogP contribution in [0.15, 0.2) is 24.3 Å². The van der Waals surface area contributed by atoms with Crippen LogP contribution >= 0.6 is 0 Å². The number of hydrogen-bond donors (Lipinski definition) is 1. The number of nitrogens with zero attached hydrogens (tertiary/aromatic N) is 1. The van der Waals surface area contributed by atoms with Crippen LogP contribution in [-0.2, 0) is 0 Å². The normalized spacial score (nSPS) is 16.6. The van der Waals surface area contributed by atoms with Crippen LogP contribution in [0.1, 0.15) is 19.3 Å². The third-order valence-electron chi connectivity index (χ3n) is 3.88. The maximum atomic E-state index is 5.80. The summed E-state index contributed by atoms with van der Waals surface area (Å²) in [7, 11) is 3.82. The fourth-order valence-corrected chi connectivity index (χ4v) is 2.10. The number of methoxy groups -OCH3 is 1. The number of anilines is 1. The standard InChI is InChI=1S/C14H22N2O/c1-16(10-9-14(11-15)7-8-14)12-3-5-13(17-2)6-4-12/h3-6H,7-11,15H2,1-2H3. The topological polar surface area (TPSA) is 38.5 Å². The molecule has 0 amide bonds. The average molecular weight is 234 g/mol. The Morgan fingerprint density at radius 3 is 2.41 bits per heavy atom. The maximum absolute atomic E-state index is 5.80. The van der Waals surface area contributed by atoms with E-state index in [-0.39, 0.29) is 0 Å². The molecule has 0 heterocycles. The second-order valence-corrected chi connectivity index (χ2v) is 5.07. The zero-order valence-corrected chi connectivity index (χ0v) is 10.8. The van der Waals surface area contributed by atoms with Gasteiger partial charge in [0.1, 0.15) is 5.75 Å². The Kier molecular flexibility index (Phi) is 3.57. The molecule has 3 nitrogen and oxygen atoms in total. The molecule has 0 spiro atoms. The van der Waals surface area contributed by atoms with Crippen molar-refractivity contribution >= 4 is 5.69 Å². The molecule has 0 bridgehead atoms. The quantitative estimate of drug-likeness (QED) is 0.820. The van der Waals surface area contributed by atoms with E-state index in [2.05, 4.69) is 24.1 Å². The van der Waals surface area contributed by atoms with Gasteiger partial charge in [0, 0.05) is 19.3 Å². The third-order valence-corrected chi connectivity index (χ3v) is 3.88. The summed E-state index contributed by atoms with van der Waals surface area (Å²) in [6.45, 7) is 1.91. The predicted molar refractivity (Wildman–Crippen MR) is 71.6 cm³/mol. The molecule has 0 aromatic heterocycles. The monoisotopic (exact) mass is 234 g/mol. The molecular weight excluding hydrogens is 212 g/mol. The lowest BCUT2D eigenvalue weighted by atomic mass is 10.0. The van der Waals surface area contributed by atoms with E-state index in [1.165, 1.54) is 24.9 Å². The van der Waals surface area contributed by atoms with Crippen LogP contribution in [0.3, 0.4) is 0 Å². The highest BCUT2D eigenvalue weighted by Crippen LogP contribution is 2.47. The van der Waals surface area contributed by atoms with Crippen LogP contribution < -0.4 is 15.4 Å². The maximum Gasteiger partial charge on any atom is 0.119 e. The lowest BCUT2D eigenvalue weighted by molar-refractivity contribution is 0.415. The summed E-state index contributed by atoms with van der Waals surface area (Å²) in [4.78, 5) is 2.29. The van der Waals surface area contributed by atoms with Gasteiger partial charge in [-0.3, -0.25) is 0 Å². The molecule has 2 N–H and O–H groups in total. The lowest BCUT2D eigenvalue weighted by Crippen LogP contribution is -2.25. The Morgan fingerprint density at radius 2 is 1.94 bits per heavy atom. The molecule has 1 aliphatic carbocycles. The first kappa shape index (κ1) is 12.2. The molecule has 0 aliphatic heterocycles. The SMILES string of the molecule is COc1ccc(N(C)CCC2(CN)CC2)cc1. The van der Waals surface area contributed by atoms with Gasteiger partial charge in [-0.1, -0.05) is 0 Å². The Hall–Kier alpha value is -1.22. The molecule has 1 fully saturated rings. The number of nitrogens with two attached hydrogens (primary N) is 1. The van der Waals surface area contributed by atoms with Gasteiger partial charge < -0.3 is 15.4 Å². The van der Waals surface area contributed by atoms with Crippen molar-refractivity contribution in [3.05, 3.63) is 24.3 Å². The minimum absolute atomic E-state index is 0.459. The zero-order valence-electron chi connectivity index (χ0n) is 10.8. The molecule has 2 rings (SSSR count). The summed E-state index contributed by atoms with van der Waals surface area (Å²) >= 11 is 0. The van der Waals surface area contributed by atoms with Gasteiger partial charge in [-0.05, 0) is 55.5 Å². The van der Waals surface area contributed by atoms with Gasteiger partial charge in [0.05, 0.1) is 7.11 Å². The molecule has 94 valence electrons. The summed E-state index contributed by atoms with van der Waals surface area (Å²) in [6.07, 6.45) is 3.81. The van der Waals surface area contributed by atoms with Crippen molar-refractivity contribution in [3.8, 4) is 5.75 Å². The number of ether oxygens (including phenoxy) is 1. The van der Waals surface area contributed by atoms with E-state index in [4.69, 9.17) is 10.5 Å². The molecule has 1 aromatic carbocycles. The Balaban J connectivity index is 1.88. The van der Waals surface area contributed by atoms with Crippen molar-refractivity contribution in [2.75, 3.05) is 32.1 Å². The van der Waals surface area contributed by atoms with Gasteiger partial charge in [-0.2, -0.15) is 0 Å². The van der Waals surface area contributed by atoms with Gasteiger partial charge in [0.15, 0.2) is 0 Å². The lowest BCUT2D eigenvalue weighted by Gasteiger charge is -2.22. The second-order valence-electron chi connectivity index (χ2n) is 5.07. The second kappa shape index (κ2) is 4.96. The minimum atomic E-state index is 0.459. The summed E-state index contributed by atoms with van der Waals surface area (Å²) < 4.78 is 5.16. The van der Waals surface area contributed by atoms with Crippen LogP contribution in [0.5, 0.6) is 5.75 Å². The summed E-state index contributed by atoms with van der Waals surface area (Å²) in [5.74, 6) is 0.905. The third kappa shape index (κ3) is 2.91. The van der Waals surface area contributed by atoms with Crippen molar-refractivity contribution in [2.24, 2.45) is 11.1 Å². The highest BCUT2D eigenvalue weighted by Gasteiger charge is 2.40. The Morgan fingerprint density at radius 1 is 1.29 bits per heavy atom. The molecule has 1 saturated carbocycles. The van der Waals surface area contributed by atoms with E-state index in [0.717, 1.165) is 18.8 Å². The molecule has 0 atom stereocenters. The van der Waals surface area contributed by atoms with Crippen molar-refractivity contribution in [1.29, 1.82) is 0 Å². The fraction of sp³-hybridized carbons (Fsp3) is 0.571. The first-order valence-corrected chi connectivity index (χ1v) is 6.24. The van der Waals surface area contributed by atoms with Crippen LogP contribution in [0.4, 0.5) is 5.69 Å². The highest BCUT2D eigenvalue weighted by molar-refractivity contribution is 5.48. The molecule has 1 aliphatic rings. The zero-order chi connectivity index (χ0) is 12.3. The molecule has 3 heteroatoms. The summed E-state index contributed by atoms with van der Waals surface area (Å²) in [5, 5.41) is 0. The molecule has 0 radical (unpaired) electrons.